The van der Waals surface area contributed by atoms with E-state index >= 15 is 0 Å². The molecule has 3 nitrogen and oxygen atoms in total. The Morgan fingerprint density at radius 3 is 2.56 bits per heavy atom. The zero-order valence-electron chi connectivity index (χ0n) is 10.7. The molecule has 1 aliphatic heterocycles. The minimum absolute atomic E-state index is 0.0695. The molecule has 1 aliphatic rings. The van der Waals surface area contributed by atoms with Gasteiger partial charge in [-0.05, 0) is 33.1 Å². The fourth-order valence-electron chi connectivity index (χ4n) is 2.01. The van der Waals surface area contributed by atoms with Gasteiger partial charge < -0.3 is 5.11 Å². The average Bonchev–Trinajstić information content (AvgIpc) is 2.44. The Hall–Kier alpha value is -0.190. The first-order valence-corrected chi connectivity index (χ1v) is 6.88. The summed E-state index contributed by atoms with van der Waals surface area (Å²) in [6.45, 7) is 13.0. The van der Waals surface area contributed by atoms with Gasteiger partial charge in [0, 0.05) is 19.2 Å². The third-order valence-corrected chi connectivity index (χ3v) is 4.88. The van der Waals surface area contributed by atoms with E-state index in [1.165, 1.54) is 0 Å². The molecule has 0 aromatic rings. The van der Waals surface area contributed by atoms with E-state index in [0.717, 1.165) is 12.1 Å². The summed E-state index contributed by atoms with van der Waals surface area (Å²) in [5.41, 5.74) is 1.10. The van der Waals surface area contributed by atoms with Gasteiger partial charge in [0.1, 0.15) is 11.0 Å². The summed E-state index contributed by atoms with van der Waals surface area (Å²) in [5.74, 6) is 0.364. The van der Waals surface area contributed by atoms with Gasteiger partial charge in [0.2, 0.25) is 0 Å². The predicted molar refractivity (Wildman–Crippen MR) is 68.4 cm³/mol. The molecule has 0 aromatic carbocycles. The third kappa shape index (κ3) is 2.73. The Balaban J connectivity index is 2.87. The maximum Gasteiger partial charge on any atom is 0.100 e. The first-order chi connectivity index (χ1) is 7.29. The van der Waals surface area contributed by atoms with Crippen molar-refractivity contribution in [2.45, 2.75) is 44.9 Å². The lowest BCUT2D eigenvalue weighted by Gasteiger charge is -2.29. The lowest BCUT2D eigenvalue weighted by atomic mass is 10.0. The van der Waals surface area contributed by atoms with Crippen molar-refractivity contribution >= 4 is 11.0 Å². The van der Waals surface area contributed by atoms with Crippen LogP contribution in [-0.4, -0.2) is 37.6 Å². The average molecular weight is 245 g/mol. The van der Waals surface area contributed by atoms with Gasteiger partial charge in [0.25, 0.3) is 0 Å². The van der Waals surface area contributed by atoms with Gasteiger partial charge in [0.15, 0.2) is 0 Å². The molecule has 1 saturated heterocycles. The topological polar surface area (TPSA) is 40.5 Å². The van der Waals surface area contributed by atoms with Crippen molar-refractivity contribution in [3.05, 3.63) is 12.2 Å². The van der Waals surface area contributed by atoms with Gasteiger partial charge >= 0.3 is 0 Å². The van der Waals surface area contributed by atoms with Gasteiger partial charge in [-0.15, -0.1) is 0 Å². The van der Waals surface area contributed by atoms with Crippen molar-refractivity contribution in [1.29, 1.82) is 0 Å². The molecule has 4 heteroatoms. The van der Waals surface area contributed by atoms with Crippen molar-refractivity contribution < 1.29 is 9.32 Å². The predicted octanol–water partition coefficient (Wildman–Crippen LogP) is 1.71. The Kier molecular flexibility index (Phi) is 4.32. The van der Waals surface area contributed by atoms with Gasteiger partial charge in [-0.3, -0.25) is 0 Å². The molecular formula is C12H23NO2S. The smallest absolute Gasteiger partial charge is 0.100 e. The highest BCUT2D eigenvalue weighted by atomic mass is 32.2. The standard InChI is InChI=1S/C12H23NO2S/c1-9-8-13(16(15)12(3,4)5)11(6-7-14)10(9)2/h9,11,14H,2,6-8H2,1,3-5H3/t9-,11+,16?/m1/s1. The summed E-state index contributed by atoms with van der Waals surface area (Å²) < 4.78 is 14.1. The lowest BCUT2D eigenvalue weighted by molar-refractivity contribution is 0.258. The van der Waals surface area contributed by atoms with Crippen LogP contribution in [0.4, 0.5) is 0 Å². The second-order valence-corrected chi connectivity index (χ2v) is 7.66. The minimum Gasteiger partial charge on any atom is -0.396 e. The summed E-state index contributed by atoms with van der Waals surface area (Å²) in [7, 11) is -1.02. The summed E-state index contributed by atoms with van der Waals surface area (Å²) in [4.78, 5) is 0. The van der Waals surface area contributed by atoms with Crippen LogP contribution in [0.3, 0.4) is 0 Å². The number of aliphatic hydroxyl groups excluding tert-OH is 1. The van der Waals surface area contributed by atoms with Gasteiger partial charge in [0.05, 0.1) is 4.75 Å². The molecule has 1 rings (SSSR count). The summed E-state index contributed by atoms with van der Waals surface area (Å²) in [5, 5.41) is 9.07. The summed E-state index contributed by atoms with van der Waals surface area (Å²) in [6, 6.07) is 0.0695. The zero-order valence-corrected chi connectivity index (χ0v) is 11.5. The first-order valence-electron chi connectivity index (χ1n) is 5.77. The molecule has 0 aliphatic carbocycles. The van der Waals surface area contributed by atoms with Crippen LogP contribution in [0.5, 0.6) is 0 Å². The highest BCUT2D eigenvalue weighted by Crippen LogP contribution is 2.33. The van der Waals surface area contributed by atoms with Crippen LogP contribution in [0, 0.1) is 5.92 Å². The molecule has 1 unspecified atom stereocenters. The quantitative estimate of drug-likeness (QED) is 0.769. The van der Waals surface area contributed by atoms with E-state index in [0.29, 0.717) is 12.3 Å². The van der Waals surface area contributed by atoms with E-state index in [4.69, 9.17) is 5.11 Å². The Labute approximate surface area is 101 Å². The summed E-state index contributed by atoms with van der Waals surface area (Å²) in [6.07, 6.45) is 0.630. The first kappa shape index (κ1) is 13.9. The van der Waals surface area contributed by atoms with Crippen molar-refractivity contribution in [1.82, 2.24) is 4.31 Å². The van der Waals surface area contributed by atoms with E-state index in [1.54, 1.807) is 0 Å². The molecule has 1 heterocycles. The van der Waals surface area contributed by atoms with Crippen LogP contribution in [0.25, 0.3) is 0 Å². The third-order valence-electron chi connectivity index (χ3n) is 3.00. The molecule has 0 saturated carbocycles. The van der Waals surface area contributed by atoms with Crippen LogP contribution >= 0.6 is 0 Å². The zero-order chi connectivity index (χ0) is 12.5. The Morgan fingerprint density at radius 2 is 2.12 bits per heavy atom. The molecule has 0 radical (unpaired) electrons. The van der Waals surface area contributed by atoms with Crippen molar-refractivity contribution in [3.63, 3.8) is 0 Å². The molecule has 1 fully saturated rings. The highest BCUT2D eigenvalue weighted by molar-refractivity contribution is 7.84. The molecule has 0 spiro atoms. The molecule has 16 heavy (non-hydrogen) atoms. The Bertz CT molecular complexity index is 296. The maximum atomic E-state index is 12.4. The highest BCUT2D eigenvalue weighted by Gasteiger charge is 2.39. The molecule has 0 bridgehead atoms. The molecular weight excluding hydrogens is 222 g/mol. The van der Waals surface area contributed by atoms with E-state index in [9.17, 15) is 4.21 Å². The lowest BCUT2D eigenvalue weighted by Crippen LogP contribution is -2.41. The Morgan fingerprint density at radius 1 is 1.56 bits per heavy atom. The van der Waals surface area contributed by atoms with Gasteiger partial charge in [-0.25, -0.2) is 8.51 Å². The summed E-state index contributed by atoms with van der Waals surface area (Å²) >= 11 is 0. The number of hydrogen-bond donors (Lipinski definition) is 1. The van der Waals surface area contributed by atoms with E-state index in [-0.39, 0.29) is 17.4 Å². The molecule has 1 N–H and O–H groups in total. The van der Waals surface area contributed by atoms with E-state index < -0.39 is 11.0 Å². The largest absolute Gasteiger partial charge is 0.396 e. The van der Waals surface area contributed by atoms with Crippen LogP contribution in [0.15, 0.2) is 12.2 Å². The van der Waals surface area contributed by atoms with E-state index in [1.807, 2.05) is 25.1 Å². The van der Waals surface area contributed by atoms with Crippen LogP contribution in [-0.2, 0) is 11.0 Å². The van der Waals surface area contributed by atoms with E-state index in [2.05, 4.69) is 13.5 Å². The van der Waals surface area contributed by atoms with Crippen molar-refractivity contribution in [2.24, 2.45) is 5.92 Å². The van der Waals surface area contributed by atoms with Gasteiger partial charge in [-0.1, -0.05) is 19.1 Å². The van der Waals surface area contributed by atoms with Crippen molar-refractivity contribution in [2.75, 3.05) is 13.2 Å². The number of rotatable bonds is 3. The van der Waals surface area contributed by atoms with Crippen LogP contribution < -0.4 is 0 Å². The minimum atomic E-state index is -1.02. The molecule has 0 aromatic heterocycles. The SMILES string of the molecule is C=C1[C@H](C)CN(S(=O)C(C)(C)C)[C@H]1CCO. The number of nitrogens with zero attached hydrogens (tertiary/aromatic N) is 1. The van der Waals surface area contributed by atoms with Crippen LogP contribution in [0.2, 0.25) is 0 Å². The fourth-order valence-corrected chi connectivity index (χ4v) is 3.55. The fraction of sp³-hybridized carbons (Fsp3) is 0.833. The number of hydrogen-bond acceptors (Lipinski definition) is 2. The van der Waals surface area contributed by atoms with Gasteiger partial charge in [-0.2, -0.15) is 0 Å². The molecule has 3 atom stereocenters. The van der Waals surface area contributed by atoms with Crippen LogP contribution in [0.1, 0.15) is 34.1 Å². The second kappa shape index (κ2) is 4.98. The second-order valence-electron chi connectivity index (χ2n) is 5.47. The normalized spacial score (nSPS) is 29.7. The maximum absolute atomic E-state index is 12.4. The number of aliphatic hydroxyl groups is 1. The molecule has 94 valence electrons. The monoisotopic (exact) mass is 245 g/mol. The van der Waals surface area contributed by atoms with Crippen molar-refractivity contribution in [3.8, 4) is 0 Å². The molecule has 0 amide bonds.